The van der Waals surface area contributed by atoms with Crippen LogP contribution in [0.1, 0.15) is 32.1 Å². The summed E-state index contributed by atoms with van der Waals surface area (Å²) < 4.78 is 30.9. The number of aromatic hydroxyl groups is 1. The number of H-pyrrole nitrogens is 1. The molecule has 152 valence electrons. The summed E-state index contributed by atoms with van der Waals surface area (Å²) >= 11 is 0. The van der Waals surface area contributed by atoms with Crippen molar-refractivity contribution in [1.82, 2.24) is 10.1 Å². The van der Waals surface area contributed by atoms with E-state index in [2.05, 4.69) is 20.4 Å². The van der Waals surface area contributed by atoms with Gasteiger partial charge in [-0.25, -0.2) is 8.42 Å². The second kappa shape index (κ2) is 7.28. The molecular weight excluding hydrogens is 396 g/mol. The predicted octanol–water partition coefficient (Wildman–Crippen LogP) is 3.92. The Bertz CT molecular complexity index is 1230. The van der Waals surface area contributed by atoms with E-state index >= 15 is 0 Å². The van der Waals surface area contributed by atoms with Gasteiger partial charge in [-0.3, -0.25) is 9.78 Å². The van der Waals surface area contributed by atoms with Crippen LogP contribution >= 0.6 is 0 Å². The van der Waals surface area contributed by atoms with Crippen molar-refractivity contribution in [1.29, 1.82) is 0 Å². The number of hydrogen-bond donors (Lipinski definition) is 2. The van der Waals surface area contributed by atoms with E-state index in [1.165, 1.54) is 12.1 Å². The van der Waals surface area contributed by atoms with Crippen LogP contribution in [0.3, 0.4) is 0 Å². The van der Waals surface area contributed by atoms with Crippen molar-refractivity contribution in [2.45, 2.75) is 42.9 Å². The fourth-order valence-electron chi connectivity index (χ4n) is 2.39. The normalized spacial score (nSPS) is 12.6. The van der Waals surface area contributed by atoms with Gasteiger partial charge in [-0.15, -0.1) is 10.2 Å². The summed E-state index contributed by atoms with van der Waals surface area (Å²) in [6.45, 7) is 7.62. The number of nitrogens with one attached hydrogen (secondary N) is 1. The summed E-state index contributed by atoms with van der Waals surface area (Å²) in [6, 6.07) is 8.64. The minimum absolute atomic E-state index is 0.0281. The molecule has 3 aromatic rings. The van der Waals surface area contributed by atoms with Gasteiger partial charge in [0.05, 0.1) is 4.90 Å². The first-order chi connectivity index (χ1) is 13.5. The third-order valence-corrected chi connectivity index (χ3v) is 5.87. The smallest absolute Gasteiger partial charge is 0.278 e. The van der Waals surface area contributed by atoms with Gasteiger partial charge in [0.1, 0.15) is 10.7 Å². The lowest BCUT2D eigenvalue weighted by molar-refractivity contribution is 0.330. The van der Waals surface area contributed by atoms with Crippen molar-refractivity contribution in [2.75, 3.05) is 0 Å². The SMILES string of the molecule is Cc1ccc(S(=O)(=O)c2cc(N=Nc3cc(C(C)(C)C)on3)c(=O)[nH]c2O)cc1. The van der Waals surface area contributed by atoms with Crippen LogP contribution in [0.2, 0.25) is 0 Å². The standard InChI is InChI=1S/C19H20N4O5S/c1-11-5-7-12(8-6-11)29(26,27)14-9-13(17(24)20-18(14)25)21-22-16-10-15(28-23-16)19(2,3)4/h5-10H,1-4H3,(H2,20,24,25). The number of sulfone groups is 1. The maximum atomic E-state index is 12.8. The molecule has 29 heavy (non-hydrogen) atoms. The Morgan fingerprint density at radius 3 is 2.34 bits per heavy atom. The van der Waals surface area contributed by atoms with Gasteiger partial charge in [-0.05, 0) is 25.1 Å². The minimum Gasteiger partial charge on any atom is -0.494 e. The summed E-state index contributed by atoms with van der Waals surface area (Å²) in [4.78, 5) is 13.7. The van der Waals surface area contributed by atoms with Gasteiger partial charge >= 0.3 is 0 Å². The number of azo groups is 1. The van der Waals surface area contributed by atoms with Crippen LogP contribution < -0.4 is 5.56 Å². The molecule has 3 rings (SSSR count). The molecule has 2 aromatic heterocycles. The molecule has 0 unspecified atom stereocenters. The first-order valence-corrected chi connectivity index (χ1v) is 10.1. The molecule has 0 fully saturated rings. The van der Waals surface area contributed by atoms with Gasteiger partial charge < -0.3 is 9.63 Å². The third-order valence-electron chi connectivity index (χ3n) is 4.08. The molecule has 0 bridgehead atoms. The van der Waals surface area contributed by atoms with Crippen LogP contribution in [0.4, 0.5) is 11.5 Å². The van der Waals surface area contributed by atoms with E-state index in [1.54, 1.807) is 18.2 Å². The maximum absolute atomic E-state index is 12.8. The molecule has 0 radical (unpaired) electrons. The van der Waals surface area contributed by atoms with E-state index in [-0.39, 0.29) is 21.8 Å². The van der Waals surface area contributed by atoms with Crippen molar-refractivity contribution in [3.63, 3.8) is 0 Å². The first kappa shape index (κ1) is 20.5. The van der Waals surface area contributed by atoms with Crippen LogP contribution in [0.5, 0.6) is 5.88 Å². The fraction of sp³-hybridized carbons (Fsp3) is 0.263. The molecule has 2 heterocycles. The molecule has 0 atom stereocenters. The van der Waals surface area contributed by atoms with Crippen molar-refractivity contribution >= 4 is 21.3 Å². The zero-order valence-electron chi connectivity index (χ0n) is 16.3. The number of benzene rings is 1. The Morgan fingerprint density at radius 1 is 1.10 bits per heavy atom. The van der Waals surface area contributed by atoms with Crippen molar-refractivity contribution in [3.05, 3.63) is 58.1 Å². The van der Waals surface area contributed by atoms with Crippen LogP contribution in [0, 0.1) is 6.92 Å². The lowest BCUT2D eigenvalue weighted by Gasteiger charge is -2.11. The van der Waals surface area contributed by atoms with Gasteiger partial charge in [0.25, 0.3) is 5.56 Å². The van der Waals surface area contributed by atoms with E-state index in [0.717, 1.165) is 11.6 Å². The molecule has 0 aliphatic carbocycles. The van der Waals surface area contributed by atoms with Crippen molar-refractivity contribution < 1.29 is 18.0 Å². The number of rotatable bonds is 4. The molecule has 0 aliphatic rings. The van der Waals surface area contributed by atoms with E-state index in [9.17, 15) is 18.3 Å². The predicted molar refractivity (Wildman–Crippen MR) is 105 cm³/mol. The highest BCUT2D eigenvalue weighted by Crippen LogP contribution is 2.30. The second-order valence-electron chi connectivity index (χ2n) is 7.51. The molecule has 2 N–H and O–H groups in total. The Morgan fingerprint density at radius 2 is 1.76 bits per heavy atom. The Kier molecular flexibility index (Phi) is 5.14. The lowest BCUT2D eigenvalue weighted by Crippen LogP contribution is -2.10. The molecule has 0 saturated carbocycles. The van der Waals surface area contributed by atoms with Crippen molar-refractivity contribution in [3.8, 4) is 5.88 Å². The van der Waals surface area contributed by atoms with Gasteiger partial charge in [0.15, 0.2) is 5.69 Å². The molecule has 0 saturated heterocycles. The maximum Gasteiger partial charge on any atom is 0.278 e. The first-order valence-electron chi connectivity index (χ1n) is 8.65. The average molecular weight is 416 g/mol. The second-order valence-corrected chi connectivity index (χ2v) is 9.43. The molecule has 0 spiro atoms. The number of pyridine rings is 1. The number of aromatic nitrogens is 2. The van der Waals surface area contributed by atoms with E-state index in [1.807, 2.05) is 27.7 Å². The number of aromatic amines is 1. The average Bonchev–Trinajstić information content (AvgIpc) is 3.10. The summed E-state index contributed by atoms with van der Waals surface area (Å²) in [6.07, 6.45) is 0. The van der Waals surface area contributed by atoms with E-state index in [4.69, 9.17) is 4.52 Å². The highest BCUT2D eigenvalue weighted by atomic mass is 32.2. The molecule has 0 aliphatic heterocycles. The summed E-state index contributed by atoms with van der Waals surface area (Å²) in [7, 11) is -4.08. The quantitative estimate of drug-likeness (QED) is 0.618. The Hall–Kier alpha value is -3.27. The van der Waals surface area contributed by atoms with Gasteiger partial charge in [0, 0.05) is 11.5 Å². The highest BCUT2D eigenvalue weighted by Gasteiger charge is 2.24. The zero-order chi connectivity index (χ0) is 21.4. The lowest BCUT2D eigenvalue weighted by atomic mass is 9.93. The largest absolute Gasteiger partial charge is 0.494 e. The Labute approximate surface area is 167 Å². The van der Waals surface area contributed by atoms with Gasteiger partial charge in [-0.2, -0.15) is 0 Å². The summed E-state index contributed by atoms with van der Waals surface area (Å²) in [5.74, 6) is -0.0648. The number of nitrogens with zero attached hydrogens (tertiary/aromatic N) is 3. The van der Waals surface area contributed by atoms with Gasteiger partial charge in [0.2, 0.25) is 21.5 Å². The molecular formula is C19H20N4O5S. The monoisotopic (exact) mass is 416 g/mol. The molecule has 10 heteroatoms. The van der Waals surface area contributed by atoms with Crippen LogP contribution in [0.25, 0.3) is 0 Å². The molecule has 1 aromatic carbocycles. The van der Waals surface area contributed by atoms with Crippen LogP contribution in [0.15, 0.2) is 65.7 Å². The molecule has 0 amide bonds. The number of aryl methyl sites for hydroxylation is 1. The Balaban J connectivity index is 2.01. The van der Waals surface area contributed by atoms with Crippen molar-refractivity contribution in [2.24, 2.45) is 10.2 Å². The number of hydrogen-bond acceptors (Lipinski definition) is 8. The zero-order valence-corrected chi connectivity index (χ0v) is 17.1. The van der Waals surface area contributed by atoms with E-state index < -0.39 is 26.2 Å². The third kappa shape index (κ3) is 4.27. The summed E-state index contributed by atoms with van der Waals surface area (Å²) in [5, 5.41) is 21.4. The van der Waals surface area contributed by atoms with Gasteiger partial charge in [-0.1, -0.05) is 43.6 Å². The van der Waals surface area contributed by atoms with Crippen LogP contribution in [-0.2, 0) is 15.3 Å². The minimum atomic E-state index is -4.08. The summed E-state index contributed by atoms with van der Waals surface area (Å²) in [5.41, 5.74) is -0.500. The fourth-order valence-corrected chi connectivity index (χ4v) is 3.71. The van der Waals surface area contributed by atoms with E-state index in [0.29, 0.717) is 5.76 Å². The van der Waals surface area contributed by atoms with Crippen LogP contribution in [-0.4, -0.2) is 23.7 Å². The topological polar surface area (TPSA) is 138 Å². The highest BCUT2D eigenvalue weighted by molar-refractivity contribution is 7.91. The molecule has 9 nitrogen and oxygen atoms in total.